The van der Waals surface area contributed by atoms with Crippen LogP contribution >= 0.6 is 0 Å². The maximum absolute atomic E-state index is 12.9. The van der Waals surface area contributed by atoms with Crippen LogP contribution in [0.2, 0.25) is 0 Å². The summed E-state index contributed by atoms with van der Waals surface area (Å²) in [5.74, 6) is 0. The van der Waals surface area contributed by atoms with Crippen LogP contribution < -0.4 is 0 Å². The van der Waals surface area contributed by atoms with Gasteiger partial charge in [0.2, 0.25) is 10.0 Å². The van der Waals surface area contributed by atoms with Crippen molar-refractivity contribution >= 4 is 20.8 Å². The van der Waals surface area contributed by atoms with Gasteiger partial charge < -0.3 is 4.74 Å². The number of fused-ring (bicyclic) bond motifs is 1. The lowest BCUT2D eigenvalue weighted by Crippen LogP contribution is -2.46. The molecule has 0 radical (unpaired) electrons. The maximum atomic E-state index is 12.9. The first-order chi connectivity index (χ1) is 9.60. The first-order valence-electron chi connectivity index (χ1n) is 6.68. The number of nitrogens with zero attached hydrogens (tertiary/aromatic N) is 1. The molecule has 0 spiro atoms. The van der Waals surface area contributed by atoms with E-state index in [0.717, 1.165) is 10.8 Å². The van der Waals surface area contributed by atoms with E-state index < -0.39 is 10.0 Å². The van der Waals surface area contributed by atoms with Gasteiger partial charge in [0, 0.05) is 18.0 Å². The molecule has 1 aliphatic rings. The monoisotopic (exact) mass is 291 g/mol. The Bertz CT molecular complexity index is 721. The van der Waals surface area contributed by atoms with Crippen molar-refractivity contribution in [1.82, 2.24) is 4.31 Å². The predicted molar refractivity (Wildman–Crippen MR) is 78.1 cm³/mol. The van der Waals surface area contributed by atoms with Crippen LogP contribution in [0.3, 0.4) is 0 Å². The molecule has 2 aromatic rings. The van der Waals surface area contributed by atoms with E-state index >= 15 is 0 Å². The van der Waals surface area contributed by atoms with Gasteiger partial charge in [-0.15, -0.1) is 0 Å². The molecular formula is C15H17NO3S. The van der Waals surface area contributed by atoms with E-state index in [9.17, 15) is 8.42 Å². The summed E-state index contributed by atoms with van der Waals surface area (Å²) in [7, 11) is -3.48. The summed E-state index contributed by atoms with van der Waals surface area (Å²) < 4.78 is 32.6. The van der Waals surface area contributed by atoms with Gasteiger partial charge in [0.1, 0.15) is 0 Å². The quantitative estimate of drug-likeness (QED) is 0.852. The van der Waals surface area contributed by atoms with Crippen LogP contribution in [0.25, 0.3) is 10.8 Å². The van der Waals surface area contributed by atoms with Crippen molar-refractivity contribution in [1.29, 1.82) is 0 Å². The molecule has 1 fully saturated rings. The molecule has 2 aromatic carbocycles. The Labute approximate surface area is 119 Å². The Morgan fingerprint density at radius 3 is 2.70 bits per heavy atom. The van der Waals surface area contributed by atoms with Gasteiger partial charge in [0.15, 0.2) is 0 Å². The van der Waals surface area contributed by atoms with Crippen molar-refractivity contribution in [2.45, 2.75) is 17.9 Å². The van der Waals surface area contributed by atoms with Gasteiger partial charge in [-0.2, -0.15) is 4.31 Å². The van der Waals surface area contributed by atoms with E-state index in [2.05, 4.69) is 0 Å². The van der Waals surface area contributed by atoms with E-state index in [0.29, 0.717) is 24.7 Å². The highest BCUT2D eigenvalue weighted by atomic mass is 32.2. The van der Waals surface area contributed by atoms with E-state index in [4.69, 9.17) is 4.74 Å². The molecule has 5 heteroatoms. The van der Waals surface area contributed by atoms with Gasteiger partial charge >= 0.3 is 0 Å². The zero-order valence-corrected chi connectivity index (χ0v) is 12.1. The number of benzene rings is 2. The van der Waals surface area contributed by atoms with Crippen LogP contribution in [0.1, 0.15) is 6.92 Å². The summed E-state index contributed by atoms with van der Waals surface area (Å²) in [6.07, 6.45) is 0. The average molecular weight is 291 g/mol. The predicted octanol–water partition coefficient (Wildman–Crippen LogP) is 2.25. The minimum Gasteiger partial charge on any atom is -0.378 e. The normalized spacial score (nSPS) is 21.1. The fourth-order valence-corrected chi connectivity index (χ4v) is 4.43. The van der Waals surface area contributed by atoms with Gasteiger partial charge in [-0.25, -0.2) is 8.42 Å². The van der Waals surface area contributed by atoms with E-state index in [1.807, 2.05) is 37.3 Å². The fourth-order valence-electron chi connectivity index (χ4n) is 2.62. The number of ether oxygens (including phenoxy) is 1. The second-order valence-electron chi connectivity index (χ2n) is 5.02. The first-order valence-corrected chi connectivity index (χ1v) is 8.12. The summed E-state index contributed by atoms with van der Waals surface area (Å²) in [6.45, 7) is 3.19. The second-order valence-corrected chi connectivity index (χ2v) is 6.88. The van der Waals surface area contributed by atoms with Crippen LogP contribution in [0.15, 0.2) is 47.4 Å². The minimum absolute atomic E-state index is 0.132. The minimum atomic E-state index is -3.48. The fraction of sp³-hybridized carbons (Fsp3) is 0.333. The van der Waals surface area contributed by atoms with Gasteiger partial charge in [-0.05, 0) is 18.4 Å². The van der Waals surface area contributed by atoms with Crippen molar-refractivity contribution in [3.05, 3.63) is 42.5 Å². The molecule has 0 bridgehead atoms. The number of rotatable bonds is 2. The van der Waals surface area contributed by atoms with Gasteiger partial charge in [-0.3, -0.25) is 0 Å². The Kier molecular flexibility index (Phi) is 3.50. The first kappa shape index (κ1) is 13.5. The van der Waals surface area contributed by atoms with Crippen LogP contribution in [0.4, 0.5) is 0 Å². The highest BCUT2D eigenvalue weighted by Gasteiger charge is 2.32. The van der Waals surface area contributed by atoms with Crippen molar-refractivity contribution in [2.75, 3.05) is 19.8 Å². The summed E-state index contributed by atoms with van der Waals surface area (Å²) in [4.78, 5) is 0.379. The second kappa shape index (κ2) is 5.16. The standard InChI is InChI=1S/C15H17NO3S/c1-12-11-19-10-9-16(12)20(17,18)15-8-4-6-13-5-2-3-7-14(13)15/h2-8,12H,9-11H2,1H3. The molecule has 0 N–H and O–H groups in total. The highest BCUT2D eigenvalue weighted by Crippen LogP contribution is 2.27. The molecule has 1 heterocycles. The summed E-state index contributed by atoms with van der Waals surface area (Å²) in [5.41, 5.74) is 0. The van der Waals surface area contributed by atoms with E-state index in [-0.39, 0.29) is 6.04 Å². The summed E-state index contributed by atoms with van der Waals surface area (Å²) >= 11 is 0. The number of hydrogen-bond donors (Lipinski definition) is 0. The number of sulfonamides is 1. The third-order valence-electron chi connectivity index (χ3n) is 3.64. The molecule has 20 heavy (non-hydrogen) atoms. The lowest BCUT2D eigenvalue weighted by Gasteiger charge is -2.32. The molecule has 0 aliphatic carbocycles. The zero-order chi connectivity index (χ0) is 14.2. The topological polar surface area (TPSA) is 46.6 Å². The molecule has 0 aromatic heterocycles. The molecule has 1 saturated heterocycles. The van der Waals surface area contributed by atoms with Gasteiger partial charge in [-0.1, -0.05) is 36.4 Å². The van der Waals surface area contributed by atoms with Gasteiger partial charge in [0.05, 0.1) is 18.1 Å². The Morgan fingerprint density at radius 1 is 1.15 bits per heavy atom. The van der Waals surface area contributed by atoms with Crippen LogP contribution in [0.5, 0.6) is 0 Å². The molecule has 1 atom stereocenters. The Morgan fingerprint density at radius 2 is 1.90 bits per heavy atom. The lowest BCUT2D eigenvalue weighted by atomic mass is 10.1. The molecule has 1 unspecified atom stereocenters. The molecule has 1 aliphatic heterocycles. The van der Waals surface area contributed by atoms with E-state index in [1.165, 1.54) is 4.31 Å². The molecule has 0 amide bonds. The van der Waals surface area contributed by atoms with Crippen LogP contribution in [0, 0.1) is 0 Å². The number of hydrogen-bond acceptors (Lipinski definition) is 3. The molecular weight excluding hydrogens is 274 g/mol. The van der Waals surface area contributed by atoms with Crippen molar-refractivity contribution in [2.24, 2.45) is 0 Å². The van der Waals surface area contributed by atoms with Gasteiger partial charge in [0.25, 0.3) is 0 Å². The Hall–Kier alpha value is -1.43. The summed E-state index contributed by atoms with van der Waals surface area (Å²) in [6, 6.07) is 12.8. The molecule has 4 nitrogen and oxygen atoms in total. The largest absolute Gasteiger partial charge is 0.378 e. The average Bonchev–Trinajstić information content (AvgIpc) is 2.47. The van der Waals surface area contributed by atoms with E-state index in [1.54, 1.807) is 12.1 Å². The van der Waals surface area contributed by atoms with Crippen molar-refractivity contribution in [3.8, 4) is 0 Å². The molecule has 3 rings (SSSR count). The molecule has 106 valence electrons. The Balaban J connectivity index is 2.14. The number of morpholine rings is 1. The SMILES string of the molecule is CC1COCCN1S(=O)(=O)c1cccc2ccccc12. The third-order valence-corrected chi connectivity index (χ3v) is 5.71. The van der Waals surface area contributed by atoms with Crippen LogP contribution in [-0.4, -0.2) is 38.5 Å². The zero-order valence-electron chi connectivity index (χ0n) is 11.3. The van der Waals surface area contributed by atoms with Crippen LogP contribution in [-0.2, 0) is 14.8 Å². The third kappa shape index (κ3) is 2.22. The van der Waals surface area contributed by atoms with Crippen molar-refractivity contribution < 1.29 is 13.2 Å². The van der Waals surface area contributed by atoms with Crippen molar-refractivity contribution in [3.63, 3.8) is 0 Å². The smallest absolute Gasteiger partial charge is 0.244 e. The lowest BCUT2D eigenvalue weighted by molar-refractivity contribution is 0.0393. The maximum Gasteiger partial charge on any atom is 0.244 e. The summed E-state index contributed by atoms with van der Waals surface area (Å²) in [5, 5.41) is 1.71. The molecule has 0 saturated carbocycles. The highest BCUT2D eigenvalue weighted by molar-refractivity contribution is 7.89.